The number of aryl methyl sites for hydroxylation is 1. The van der Waals surface area contributed by atoms with Gasteiger partial charge in [0.1, 0.15) is 22.7 Å². The number of nitrogens with two attached hydrogens (primary N) is 1. The van der Waals surface area contributed by atoms with Crippen LogP contribution < -0.4 is 11.1 Å². The molecule has 0 bridgehead atoms. The van der Waals surface area contributed by atoms with Gasteiger partial charge >= 0.3 is 0 Å². The molecule has 1 atom stereocenters. The number of H-pyrrole nitrogens is 1. The van der Waals surface area contributed by atoms with E-state index in [1.54, 1.807) is 30.2 Å². The van der Waals surface area contributed by atoms with E-state index in [1.807, 2.05) is 6.92 Å². The molecule has 3 aromatic heterocycles. The molecule has 8 nitrogen and oxygen atoms in total. The maximum absolute atomic E-state index is 13.6. The van der Waals surface area contributed by atoms with Gasteiger partial charge < -0.3 is 16.0 Å². The molecule has 1 unspecified atom stereocenters. The average molecular weight is 407 g/mol. The summed E-state index contributed by atoms with van der Waals surface area (Å²) in [5.41, 5.74) is 9.06. The van der Waals surface area contributed by atoms with Crippen LogP contribution in [-0.4, -0.2) is 42.7 Å². The van der Waals surface area contributed by atoms with Gasteiger partial charge in [0.25, 0.3) is 5.91 Å². The standard InChI is InChI=1S/C21H22FN7O/c1-10(11-5-13(23)6-11)26-21(30)15-8-24-20-19(15)27-16(9-25-20)18-14-4-3-12(22)7-17(14)29(2)28-18/h3-4,7-11,13H,5-6,23H2,1-2H3,(H,24,25)(H,26,30). The Balaban J connectivity index is 1.50. The number of carbonyl (C=O) groups is 1. The molecule has 1 amide bonds. The molecular weight excluding hydrogens is 385 g/mol. The Hall–Kier alpha value is -3.33. The first-order chi connectivity index (χ1) is 14.4. The van der Waals surface area contributed by atoms with Gasteiger partial charge in [-0.1, -0.05) is 0 Å². The molecule has 30 heavy (non-hydrogen) atoms. The van der Waals surface area contributed by atoms with Gasteiger partial charge in [0.2, 0.25) is 0 Å². The molecule has 1 aliphatic carbocycles. The van der Waals surface area contributed by atoms with Crippen molar-refractivity contribution in [2.24, 2.45) is 18.7 Å². The number of hydrogen-bond acceptors (Lipinski definition) is 5. The molecule has 0 saturated heterocycles. The summed E-state index contributed by atoms with van der Waals surface area (Å²) >= 11 is 0. The van der Waals surface area contributed by atoms with Crippen molar-refractivity contribution >= 4 is 28.0 Å². The van der Waals surface area contributed by atoms with Crippen LogP contribution in [0.15, 0.2) is 30.6 Å². The highest BCUT2D eigenvalue weighted by Crippen LogP contribution is 2.30. The van der Waals surface area contributed by atoms with Gasteiger partial charge in [-0.2, -0.15) is 5.10 Å². The maximum Gasteiger partial charge on any atom is 0.255 e. The number of amides is 1. The van der Waals surface area contributed by atoms with Gasteiger partial charge in [-0.25, -0.2) is 14.4 Å². The minimum absolute atomic E-state index is 0.0352. The summed E-state index contributed by atoms with van der Waals surface area (Å²) in [6.45, 7) is 2.00. The van der Waals surface area contributed by atoms with E-state index in [9.17, 15) is 9.18 Å². The fraction of sp³-hybridized carbons (Fsp3) is 0.333. The third-order valence-corrected chi connectivity index (χ3v) is 5.96. The van der Waals surface area contributed by atoms with E-state index in [4.69, 9.17) is 5.73 Å². The normalized spacial score (nSPS) is 19.7. The molecule has 154 valence electrons. The highest BCUT2D eigenvalue weighted by molar-refractivity contribution is 6.05. The Morgan fingerprint density at radius 3 is 2.97 bits per heavy atom. The van der Waals surface area contributed by atoms with Crippen molar-refractivity contribution in [1.29, 1.82) is 0 Å². The molecule has 5 rings (SSSR count). The lowest BCUT2D eigenvalue weighted by Crippen LogP contribution is -2.48. The van der Waals surface area contributed by atoms with Crippen LogP contribution in [0.1, 0.15) is 30.1 Å². The van der Waals surface area contributed by atoms with E-state index in [0.29, 0.717) is 39.5 Å². The number of fused-ring (bicyclic) bond motifs is 2. The van der Waals surface area contributed by atoms with Crippen molar-refractivity contribution in [2.75, 3.05) is 0 Å². The molecule has 1 fully saturated rings. The molecular formula is C21H22FN7O. The zero-order valence-electron chi connectivity index (χ0n) is 16.7. The van der Waals surface area contributed by atoms with Crippen molar-refractivity contribution < 1.29 is 9.18 Å². The van der Waals surface area contributed by atoms with Crippen LogP contribution in [0.4, 0.5) is 4.39 Å². The molecule has 9 heteroatoms. The summed E-state index contributed by atoms with van der Waals surface area (Å²) in [6, 6.07) is 4.77. The van der Waals surface area contributed by atoms with Crippen molar-refractivity contribution in [1.82, 2.24) is 30.0 Å². The number of hydrogen-bond donors (Lipinski definition) is 3. The number of nitrogens with one attached hydrogen (secondary N) is 2. The fourth-order valence-electron chi connectivity index (χ4n) is 4.12. The number of halogens is 1. The number of benzene rings is 1. The Bertz CT molecular complexity index is 1270. The second-order valence-electron chi connectivity index (χ2n) is 8.04. The Labute approximate surface area is 171 Å². The Morgan fingerprint density at radius 1 is 1.40 bits per heavy atom. The molecule has 3 heterocycles. The molecule has 1 aliphatic rings. The lowest BCUT2D eigenvalue weighted by molar-refractivity contribution is 0.0902. The molecule has 4 N–H and O–H groups in total. The van der Waals surface area contributed by atoms with Gasteiger partial charge in [0.05, 0.1) is 17.3 Å². The second-order valence-corrected chi connectivity index (χ2v) is 8.04. The largest absolute Gasteiger partial charge is 0.349 e. The van der Waals surface area contributed by atoms with Crippen molar-refractivity contribution in [2.45, 2.75) is 31.8 Å². The third-order valence-electron chi connectivity index (χ3n) is 5.96. The summed E-state index contributed by atoms with van der Waals surface area (Å²) in [7, 11) is 1.75. The minimum Gasteiger partial charge on any atom is -0.349 e. The van der Waals surface area contributed by atoms with Crippen molar-refractivity contribution in [3.05, 3.63) is 42.0 Å². The van der Waals surface area contributed by atoms with Crippen LogP contribution in [0.25, 0.3) is 33.5 Å². The topological polar surface area (TPSA) is 115 Å². The summed E-state index contributed by atoms with van der Waals surface area (Å²) in [5, 5.41) is 8.31. The fourth-order valence-corrected chi connectivity index (χ4v) is 4.12. The van der Waals surface area contributed by atoms with Crippen LogP contribution in [-0.2, 0) is 7.05 Å². The van der Waals surface area contributed by atoms with Gasteiger partial charge in [-0.15, -0.1) is 0 Å². The Kier molecular flexibility index (Phi) is 4.28. The first kappa shape index (κ1) is 18.7. The van der Waals surface area contributed by atoms with E-state index >= 15 is 0 Å². The summed E-state index contributed by atoms with van der Waals surface area (Å²) in [4.78, 5) is 24.9. The molecule has 1 aromatic carbocycles. The van der Waals surface area contributed by atoms with E-state index < -0.39 is 0 Å². The van der Waals surface area contributed by atoms with Crippen LogP contribution in [0.2, 0.25) is 0 Å². The van der Waals surface area contributed by atoms with Crippen molar-refractivity contribution in [3.8, 4) is 11.4 Å². The summed E-state index contributed by atoms with van der Waals surface area (Å²) in [5.74, 6) is -0.130. The van der Waals surface area contributed by atoms with Gasteiger partial charge in [0.15, 0.2) is 5.65 Å². The first-order valence-corrected chi connectivity index (χ1v) is 9.94. The van der Waals surface area contributed by atoms with Gasteiger partial charge in [0, 0.05) is 30.7 Å². The number of aromatic amines is 1. The van der Waals surface area contributed by atoms with E-state index in [2.05, 4.69) is 25.4 Å². The Morgan fingerprint density at radius 2 is 2.20 bits per heavy atom. The van der Waals surface area contributed by atoms with E-state index in [-0.39, 0.29) is 23.8 Å². The number of nitrogens with zero attached hydrogens (tertiary/aromatic N) is 4. The lowest BCUT2D eigenvalue weighted by Gasteiger charge is -2.37. The molecule has 0 spiro atoms. The molecule has 1 saturated carbocycles. The summed E-state index contributed by atoms with van der Waals surface area (Å²) in [6.07, 6.45) is 5.07. The first-order valence-electron chi connectivity index (χ1n) is 9.94. The molecule has 0 radical (unpaired) electrons. The third kappa shape index (κ3) is 3.02. The number of aromatic nitrogens is 5. The van der Waals surface area contributed by atoms with E-state index in [1.165, 1.54) is 12.1 Å². The van der Waals surface area contributed by atoms with Crippen LogP contribution in [0.3, 0.4) is 0 Å². The highest BCUT2D eigenvalue weighted by Gasteiger charge is 2.31. The average Bonchev–Trinajstić information content (AvgIpc) is 3.26. The molecule has 0 aliphatic heterocycles. The predicted molar refractivity (Wildman–Crippen MR) is 111 cm³/mol. The number of rotatable bonds is 4. The molecule has 4 aromatic rings. The zero-order chi connectivity index (χ0) is 21.0. The number of carbonyl (C=O) groups excluding carboxylic acids is 1. The maximum atomic E-state index is 13.6. The minimum atomic E-state index is -0.329. The van der Waals surface area contributed by atoms with Crippen LogP contribution in [0, 0.1) is 11.7 Å². The van der Waals surface area contributed by atoms with Crippen molar-refractivity contribution in [3.63, 3.8) is 0 Å². The smallest absolute Gasteiger partial charge is 0.255 e. The van der Waals surface area contributed by atoms with Crippen LogP contribution >= 0.6 is 0 Å². The predicted octanol–water partition coefficient (Wildman–Crippen LogP) is 2.51. The van der Waals surface area contributed by atoms with E-state index in [0.717, 1.165) is 18.2 Å². The SMILES string of the molecule is CC(NC(=O)c1c[nH]c2ncc(-c3nn(C)c4cc(F)ccc34)nc12)C1CC(N)C1. The lowest BCUT2D eigenvalue weighted by atomic mass is 9.76. The summed E-state index contributed by atoms with van der Waals surface area (Å²) < 4.78 is 15.2. The monoisotopic (exact) mass is 407 g/mol. The second kappa shape index (κ2) is 6.88. The highest BCUT2D eigenvalue weighted by atomic mass is 19.1. The van der Waals surface area contributed by atoms with Crippen LogP contribution in [0.5, 0.6) is 0 Å². The zero-order valence-corrected chi connectivity index (χ0v) is 16.7. The van der Waals surface area contributed by atoms with Gasteiger partial charge in [-0.3, -0.25) is 9.48 Å². The quantitative estimate of drug-likeness (QED) is 0.481. The van der Waals surface area contributed by atoms with Gasteiger partial charge in [-0.05, 0) is 43.9 Å².